The quantitative estimate of drug-likeness (QED) is 0.902. The van der Waals surface area contributed by atoms with E-state index >= 15 is 0 Å². The molecule has 6 heteroatoms. The highest BCUT2D eigenvalue weighted by atomic mass is 19.1. The van der Waals surface area contributed by atoms with Gasteiger partial charge in [-0.25, -0.2) is 8.78 Å². The average molecular weight is 274 g/mol. The predicted molar refractivity (Wildman–Crippen MR) is 71.2 cm³/mol. The monoisotopic (exact) mass is 274 g/mol. The first-order valence-corrected chi connectivity index (χ1v) is 5.89. The van der Waals surface area contributed by atoms with E-state index in [4.69, 9.17) is 11.0 Å². The number of benzene rings is 1. The van der Waals surface area contributed by atoms with Crippen LogP contribution in [0.1, 0.15) is 24.2 Å². The van der Waals surface area contributed by atoms with Gasteiger partial charge in [0.2, 0.25) is 0 Å². The van der Waals surface area contributed by atoms with Gasteiger partial charge in [0.1, 0.15) is 17.7 Å². The molecule has 0 aliphatic rings. The van der Waals surface area contributed by atoms with Gasteiger partial charge in [0.05, 0.1) is 28.8 Å². The van der Waals surface area contributed by atoms with E-state index in [2.05, 4.69) is 10.3 Å². The summed E-state index contributed by atoms with van der Waals surface area (Å²) >= 11 is 0. The lowest BCUT2D eigenvalue weighted by Gasteiger charge is -2.11. The van der Waals surface area contributed by atoms with Gasteiger partial charge in [-0.3, -0.25) is 4.98 Å². The van der Waals surface area contributed by atoms with E-state index in [1.54, 1.807) is 6.92 Å². The van der Waals surface area contributed by atoms with E-state index in [9.17, 15) is 8.78 Å². The first-order valence-electron chi connectivity index (χ1n) is 5.89. The van der Waals surface area contributed by atoms with Crippen LogP contribution < -0.4 is 11.1 Å². The van der Waals surface area contributed by atoms with Crippen molar-refractivity contribution >= 4 is 11.4 Å². The van der Waals surface area contributed by atoms with Crippen LogP contribution in [0.4, 0.5) is 20.2 Å². The normalized spacial score (nSPS) is 11.8. The number of aromatic nitrogens is 1. The van der Waals surface area contributed by atoms with E-state index in [1.807, 2.05) is 6.07 Å². The molecule has 1 aromatic carbocycles. The van der Waals surface area contributed by atoms with Gasteiger partial charge in [-0.05, 0) is 25.1 Å². The summed E-state index contributed by atoms with van der Waals surface area (Å²) in [7, 11) is 0. The number of anilines is 2. The van der Waals surface area contributed by atoms with Crippen molar-refractivity contribution in [3.05, 3.63) is 53.4 Å². The van der Waals surface area contributed by atoms with Crippen LogP contribution in [0.3, 0.4) is 0 Å². The van der Waals surface area contributed by atoms with Gasteiger partial charge in [-0.2, -0.15) is 5.26 Å². The molecule has 0 aliphatic carbocycles. The maximum Gasteiger partial charge on any atom is 0.148 e. The molecule has 0 spiro atoms. The molecule has 1 atom stereocenters. The van der Waals surface area contributed by atoms with Gasteiger partial charge in [0.15, 0.2) is 0 Å². The maximum atomic E-state index is 13.7. The average Bonchev–Trinajstić information content (AvgIpc) is 2.40. The summed E-state index contributed by atoms with van der Waals surface area (Å²) in [6.07, 6.45) is 1.41. The van der Waals surface area contributed by atoms with Gasteiger partial charge in [-0.15, -0.1) is 0 Å². The Labute approximate surface area is 114 Å². The number of hydrogen-bond donors (Lipinski definition) is 2. The molecule has 3 N–H and O–H groups in total. The van der Waals surface area contributed by atoms with Crippen LogP contribution in [0.25, 0.3) is 0 Å². The molecule has 0 bridgehead atoms. The second kappa shape index (κ2) is 5.63. The minimum Gasteiger partial charge on any atom is -0.353 e. The SMILES string of the molecule is CC(N)c1ncc(Nc2ccc(F)cc2C#N)cc1F. The molecule has 1 heterocycles. The lowest BCUT2D eigenvalue weighted by atomic mass is 10.1. The van der Waals surface area contributed by atoms with Crippen LogP contribution >= 0.6 is 0 Å². The van der Waals surface area contributed by atoms with Crippen molar-refractivity contribution in [1.82, 2.24) is 4.98 Å². The van der Waals surface area contributed by atoms with Gasteiger partial charge < -0.3 is 11.1 Å². The van der Waals surface area contributed by atoms with Crippen LogP contribution in [-0.4, -0.2) is 4.98 Å². The van der Waals surface area contributed by atoms with Crippen molar-refractivity contribution in [1.29, 1.82) is 5.26 Å². The Morgan fingerprint density at radius 2 is 2.10 bits per heavy atom. The summed E-state index contributed by atoms with van der Waals surface area (Å²) in [4.78, 5) is 3.93. The fourth-order valence-corrected chi connectivity index (χ4v) is 1.73. The van der Waals surface area contributed by atoms with Gasteiger partial charge in [-0.1, -0.05) is 0 Å². The first kappa shape index (κ1) is 13.9. The minimum absolute atomic E-state index is 0.127. The van der Waals surface area contributed by atoms with Gasteiger partial charge >= 0.3 is 0 Å². The Balaban J connectivity index is 2.32. The van der Waals surface area contributed by atoms with E-state index in [0.29, 0.717) is 11.4 Å². The van der Waals surface area contributed by atoms with Crippen molar-refractivity contribution in [2.24, 2.45) is 5.73 Å². The van der Waals surface area contributed by atoms with Gasteiger partial charge in [0, 0.05) is 12.1 Å². The molecule has 0 amide bonds. The summed E-state index contributed by atoms with van der Waals surface area (Å²) in [5.74, 6) is -1.05. The van der Waals surface area contributed by atoms with Crippen molar-refractivity contribution in [3.63, 3.8) is 0 Å². The second-order valence-corrected chi connectivity index (χ2v) is 4.31. The third kappa shape index (κ3) is 2.90. The zero-order valence-corrected chi connectivity index (χ0v) is 10.7. The molecular formula is C14H12F2N4. The molecule has 2 aromatic rings. The van der Waals surface area contributed by atoms with Crippen LogP contribution in [0.5, 0.6) is 0 Å². The number of hydrogen-bond acceptors (Lipinski definition) is 4. The standard InChI is InChI=1S/C14H12F2N4/c1-8(18)14-12(16)5-11(7-19-14)20-13-3-2-10(15)4-9(13)6-17/h2-5,7-8,20H,18H2,1H3. The molecular weight excluding hydrogens is 262 g/mol. The molecule has 1 aromatic heterocycles. The van der Waals surface area contributed by atoms with E-state index in [0.717, 1.165) is 6.07 Å². The van der Waals surface area contributed by atoms with Crippen molar-refractivity contribution < 1.29 is 8.78 Å². The predicted octanol–water partition coefficient (Wildman–Crippen LogP) is 2.99. The van der Waals surface area contributed by atoms with E-state index in [-0.39, 0.29) is 11.3 Å². The van der Waals surface area contributed by atoms with Crippen LogP contribution in [0.2, 0.25) is 0 Å². The fraction of sp³-hybridized carbons (Fsp3) is 0.143. The lowest BCUT2D eigenvalue weighted by Crippen LogP contribution is -2.10. The molecule has 0 fully saturated rings. The largest absolute Gasteiger partial charge is 0.353 e. The van der Waals surface area contributed by atoms with Crippen LogP contribution in [0.15, 0.2) is 30.5 Å². The second-order valence-electron chi connectivity index (χ2n) is 4.31. The molecule has 0 aliphatic heterocycles. The van der Waals surface area contributed by atoms with Crippen molar-refractivity contribution in [2.75, 3.05) is 5.32 Å². The van der Waals surface area contributed by atoms with Gasteiger partial charge in [0.25, 0.3) is 0 Å². The maximum absolute atomic E-state index is 13.7. The minimum atomic E-state index is -0.536. The number of rotatable bonds is 3. The number of nitrogens with zero attached hydrogens (tertiary/aromatic N) is 2. The lowest BCUT2D eigenvalue weighted by molar-refractivity contribution is 0.580. The molecule has 102 valence electrons. The molecule has 0 saturated heterocycles. The van der Waals surface area contributed by atoms with Crippen LogP contribution in [0, 0.1) is 23.0 Å². The summed E-state index contributed by atoms with van der Waals surface area (Å²) in [5.41, 5.74) is 6.60. The Morgan fingerprint density at radius 1 is 1.35 bits per heavy atom. The summed E-state index contributed by atoms with van der Waals surface area (Å²) in [5, 5.41) is 11.8. The zero-order valence-electron chi connectivity index (χ0n) is 10.7. The van der Waals surface area contributed by atoms with E-state index in [1.165, 1.54) is 24.4 Å². The molecule has 4 nitrogen and oxygen atoms in total. The number of nitrogens with two attached hydrogens (primary N) is 1. The molecule has 2 rings (SSSR count). The fourth-order valence-electron chi connectivity index (χ4n) is 1.73. The third-order valence-electron chi connectivity index (χ3n) is 2.68. The zero-order chi connectivity index (χ0) is 14.7. The molecule has 20 heavy (non-hydrogen) atoms. The summed E-state index contributed by atoms with van der Waals surface area (Å²) in [6.45, 7) is 1.63. The Bertz CT molecular complexity index is 677. The Kier molecular flexibility index (Phi) is 3.91. The number of pyridine rings is 1. The van der Waals surface area contributed by atoms with Crippen LogP contribution in [-0.2, 0) is 0 Å². The highest BCUT2D eigenvalue weighted by Crippen LogP contribution is 2.23. The van der Waals surface area contributed by atoms with Crippen molar-refractivity contribution in [3.8, 4) is 6.07 Å². The smallest absolute Gasteiger partial charge is 0.148 e. The summed E-state index contributed by atoms with van der Waals surface area (Å²) in [6, 6.07) is 6.31. The molecule has 0 radical (unpaired) electrons. The molecule has 0 saturated carbocycles. The van der Waals surface area contributed by atoms with E-state index < -0.39 is 17.7 Å². The highest BCUT2D eigenvalue weighted by molar-refractivity contribution is 5.66. The third-order valence-corrected chi connectivity index (χ3v) is 2.68. The summed E-state index contributed by atoms with van der Waals surface area (Å²) < 4.78 is 26.8. The van der Waals surface area contributed by atoms with Crippen molar-refractivity contribution in [2.45, 2.75) is 13.0 Å². The number of halogens is 2. The topological polar surface area (TPSA) is 74.7 Å². The Morgan fingerprint density at radius 3 is 2.70 bits per heavy atom. The first-order chi connectivity index (χ1) is 9.51. The number of nitrogens with one attached hydrogen (secondary N) is 1. The highest BCUT2D eigenvalue weighted by Gasteiger charge is 2.10. The molecule has 1 unspecified atom stereocenters. The number of nitriles is 1. The Hall–Kier alpha value is -2.52.